The van der Waals surface area contributed by atoms with Gasteiger partial charge in [-0.3, -0.25) is 4.79 Å². The molecule has 0 fully saturated rings. The minimum absolute atomic E-state index is 0.0109. The number of aromatic carboxylic acids is 1. The number of fused-ring (bicyclic) bond motifs is 1. The van der Waals surface area contributed by atoms with Gasteiger partial charge < -0.3 is 14.6 Å². The van der Waals surface area contributed by atoms with E-state index in [2.05, 4.69) is 9.97 Å². The molecule has 3 aromatic rings. The van der Waals surface area contributed by atoms with Crippen molar-refractivity contribution in [3.8, 4) is 0 Å². The lowest BCUT2D eigenvalue weighted by Gasteiger charge is -2.20. The van der Waals surface area contributed by atoms with Crippen molar-refractivity contribution in [2.24, 2.45) is 0 Å². The van der Waals surface area contributed by atoms with Crippen LogP contribution in [0.4, 0.5) is 10.2 Å². The van der Waals surface area contributed by atoms with Gasteiger partial charge in [0.15, 0.2) is 17.0 Å². The van der Waals surface area contributed by atoms with E-state index in [9.17, 15) is 19.1 Å². The molecule has 2 aromatic heterocycles. The van der Waals surface area contributed by atoms with Gasteiger partial charge in [-0.1, -0.05) is 30.3 Å². The summed E-state index contributed by atoms with van der Waals surface area (Å²) in [6, 6.07) is 9.28. The molecule has 2 heterocycles. The Labute approximate surface area is 154 Å². The maximum absolute atomic E-state index is 14.6. The van der Waals surface area contributed by atoms with Crippen LogP contribution < -0.4 is 10.3 Å². The van der Waals surface area contributed by atoms with Gasteiger partial charge in [0.2, 0.25) is 5.43 Å². The number of carboxylic acid groups (broad SMARTS) is 1. The lowest BCUT2D eigenvalue weighted by Crippen LogP contribution is -2.25. The fourth-order valence-corrected chi connectivity index (χ4v) is 2.84. The summed E-state index contributed by atoms with van der Waals surface area (Å²) >= 11 is 0. The molecule has 3 rings (SSSR count). The molecule has 0 amide bonds. The summed E-state index contributed by atoms with van der Waals surface area (Å²) in [6.45, 7) is 4.03. The zero-order chi connectivity index (χ0) is 19.7. The van der Waals surface area contributed by atoms with E-state index in [-0.39, 0.29) is 23.0 Å². The number of hydrogen-bond donors (Lipinski definition) is 1. The van der Waals surface area contributed by atoms with Crippen LogP contribution >= 0.6 is 0 Å². The summed E-state index contributed by atoms with van der Waals surface area (Å²) in [6.07, 6.45) is 1.23. The van der Waals surface area contributed by atoms with Crippen molar-refractivity contribution >= 4 is 23.0 Å². The molecule has 1 aromatic carbocycles. The van der Waals surface area contributed by atoms with Crippen LogP contribution in [-0.2, 0) is 6.54 Å². The molecule has 1 N–H and O–H groups in total. The molecular weight excluding hydrogens is 351 g/mol. The molecular formula is C19H19FN4O3. The van der Waals surface area contributed by atoms with E-state index in [1.165, 1.54) is 10.8 Å². The van der Waals surface area contributed by atoms with Crippen LogP contribution in [0.5, 0.6) is 0 Å². The molecule has 0 unspecified atom stereocenters. The molecule has 8 heteroatoms. The lowest BCUT2D eigenvalue weighted by atomic mass is 10.2. The third-order valence-corrected chi connectivity index (χ3v) is 4.20. The zero-order valence-electron chi connectivity index (χ0n) is 15.2. The highest BCUT2D eigenvalue weighted by molar-refractivity contribution is 5.91. The molecule has 0 aliphatic carbocycles. The van der Waals surface area contributed by atoms with Crippen molar-refractivity contribution in [3.63, 3.8) is 0 Å². The number of carboxylic acids is 1. The fourth-order valence-electron chi connectivity index (χ4n) is 2.84. The van der Waals surface area contributed by atoms with Crippen molar-refractivity contribution in [3.05, 3.63) is 63.8 Å². The van der Waals surface area contributed by atoms with E-state index in [4.69, 9.17) is 0 Å². The second-order valence-electron chi connectivity index (χ2n) is 6.53. The number of halogens is 1. The van der Waals surface area contributed by atoms with Gasteiger partial charge >= 0.3 is 5.97 Å². The molecule has 0 saturated heterocycles. The van der Waals surface area contributed by atoms with E-state index in [1.54, 1.807) is 11.9 Å². The number of hydrogen-bond acceptors (Lipinski definition) is 5. The average Bonchev–Trinajstić information content (AvgIpc) is 2.62. The Bertz CT molecular complexity index is 1060. The zero-order valence-corrected chi connectivity index (χ0v) is 15.2. The van der Waals surface area contributed by atoms with Crippen LogP contribution in [0, 0.1) is 5.95 Å². The van der Waals surface area contributed by atoms with Gasteiger partial charge in [-0.25, -0.2) is 14.8 Å². The van der Waals surface area contributed by atoms with Gasteiger partial charge in [0, 0.05) is 25.8 Å². The number of nitrogens with zero attached hydrogens (tertiary/aromatic N) is 4. The number of benzene rings is 1. The van der Waals surface area contributed by atoms with E-state index in [0.717, 1.165) is 5.56 Å². The van der Waals surface area contributed by atoms with Crippen molar-refractivity contribution in [2.45, 2.75) is 26.4 Å². The summed E-state index contributed by atoms with van der Waals surface area (Å²) < 4.78 is 16.1. The molecule has 27 heavy (non-hydrogen) atoms. The Balaban J connectivity index is 2.18. The van der Waals surface area contributed by atoms with Gasteiger partial charge in [-0.2, -0.15) is 4.39 Å². The fraction of sp³-hybridized carbons (Fsp3) is 0.263. The maximum atomic E-state index is 14.6. The first-order valence-electron chi connectivity index (χ1n) is 8.40. The van der Waals surface area contributed by atoms with Gasteiger partial charge in [0.05, 0.1) is 0 Å². The highest BCUT2D eigenvalue weighted by Crippen LogP contribution is 2.21. The van der Waals surface area contributed by atoms with Crippen LogP contribution in [-0.4, -0.2) is 32.7 Å². The summed E-state index contributed by atoms with van der Waals surface area (Å²) in [5.74, 6) is -2.32. The van der Waals surface area contributed by atoms with E-state index < -0.39 is 22.9 Å². The summed E-state index contributed by atoms with van der Waals surface area (Å²) in [5.41, 5.74) is -0.494. The van der Waals surface area contributed by atoms with Crippen LogP contribution in [0.3, 0.4) is 0 Å². The van der Waals surface area contributed by atoms with Crippen LogP contribution in [0.2, 0.25) is 0 Å². The number of carbonyl (C=O) groups is 1. The first-order valence-corrected chi connectivity index (χ1v) is 8.40. The number of anilines is 1. The number of rotatable bonds is 5. The topological polar surface area (TPSA) is 88.3 Å². The summed E-state index contributed by atoms with van der Waals surface area (Å²) in [5, 5.41) is 9.24. The minimum atomic E-state index is -1.39. The van der Waals surface area contributed by atoms with Gasteiger partial charge in [-0.15, -0.1) is 0 Å². The molecule has 0 atom stereocenters. The Kier molecular flexibility index (Phi) is 4.89. The molecule has 0 spiro atoms. The third-order valence-electron chi connectivity index (χ3n) is 4.20. The van der Waals surface area contributed by atoms with Crippen molar-refractivity contribution in [1.82, 2.24) is 14.5 Å². The van der Waals surface area contributed by atoms with E-state index >= 15 is 0 Å². The third kappa shape index (κ3) is 3.51. The molecule has 0 aliphatic heterocycles. The standard InChI is InChI=1S/C19H19FN4O3/c1-11(2)24-10-13(19(26)27)15(25)14-17(24)22-18(16(20)21-14)23(3)9-12-7-5-4-6-8-12/h4-8,10-11H,9H2,1-3H3,(H,26,27). The predicted molar refractivity (Wildman–Crippen MR) is 99.6 cm³/mol. The van der Waals surface area contributed by atoms with Crippen LogP contribution in [0.25, 0.3) is 11.2 Å². The molecule has 140 valence electrons. The Morgan fingerprint density at radius 3 is 2.52 bits per heavy atom. The van der Waals surface area contributed by atoms with Crippen LogP contribution in [0.1, 0.15) is 35.8 Å². The quantitative estimate of drug-likeness (QED) is 0.743. The van der Waals surface area contributed by atoms with Crippen molar-refractivity contribution in [2.75, 3.05) is 11.9 Å². The second-order valence-corrected chi connectivity index (χ2v) is 6.53. The van der Waals surface area contributed by atoms with E-state index in [1.807, 2.05) is 44.2 Å². The van der Waals surface area contributed by atoms with Crippen LogP contribution in [0.15, 0.2) is 41.3 Å². The summed E-state index contributed by atoms with van der Waals surface area (Å²) in [4.78, 5) is 33.4. The SMILES string of the molecule is CC(C)n1cc(C(=O)O)c(=O)c2nc(F)c(N(C)Cc3ccccc3)nc21. The molecule has 0 bridgehead atoms. The Morgan fingerprint density at radius 2 is 1.93 bits per heavy atom. The van der Waals surface area contributed by atoms with Gasteiger partial charge in [-0.05, 0) is 19.4 Å². The van der Waals surface area contributed by atoms with E-state index in [0.29, 0.717) is 6.54 Å². The predicted octanol–water partition coefficient (Wildman–Crippen LogP) is 2.85. The average molecular weight is 370 g/mol. The highest BCUT2D eigenvalue weighted by atomic mass is 19.1. The molecule has 7 nitrogen and oxygen atoms in total. The number of pyridine rings is 1. The monoisotopic (exact) mass is 370 g/mol. The molecule has 0 radical (unpaired) electrons. The first kappa shape index (κ1) is 18.5. The maximum Gasteiger partial charge on any atom is 0.341 e. The molecule has 0 aliphatic rings. The lowest BCUT2D eigenvalue weighted by molar-refractivity contribution is 0.0694. The van der Waals surface area contributed by atoms with Crippen molar-refractivity contribution < 1.29 is 14.3 Å². The molecule has 0 saturated carbocycles. The van der Waals surface area contributed by atoms with Crippen molar-refractivity contribution in [1.29, 1.82) is 0 Å². The normalized spacial score (nSPS) is 11.1. The van der Waals surface area contributed by atoms with Gasteiger partial charge in [0.1, 0.15) is 5.56 Å². The smallest absolute Gasteiger partial charge is 0.341 e. The van der Waals surface area contributed by atoms with Gasteiger partial charge in [0.25, 0.3) is 5.95 Å². The second kappa shape index (κ2) is 7.14. The largest absolute Gasteiger partial charge is 0.477 e. The summed E-state index contributed by atoms with van der Waals surface area (Å²) in [7, 11) is 1.68. The first-order chi connectivity index (χ1) is 12.8. The number of aromatic nitrogens is 3. The highest BCUT2D eigenvalue weighted by Gasteiger charge is 2.21. The Hall–Kier alpha value is -3.29. The minimum Gasteiger partial charge on any atom is -0.477 e. The Morgan fingerprint density at radius 1 is 1.26 bits per heavy atom.